The first-order chi connectivity index (χ1) is 68.2. The molecule has 6 aliphatic carbocycles. The molecule has 4 saturated heterocycles. The Morgan fingerprint density at radius 3 is 1.40 bits per heavy atom. The van der Waals surface area contributed by atoms with E-state index in [1.54, 1.807) is 113 Å². The highest BCUT2D eigenvalue weighted by Gasteiger charge is 2.60. The highest BCUT2D eigenvalue weighted by molar-refractivity contribution is 6.02. The Morgan fingerprint density at radius 2 is 0.910 bits per heavy atom. The number of aliphatic imine (C=N–C) groups is 1. The number of amides is 6. The van der Waals surface area contributed by atoms with Gasteiger partial charge in [0.05, 0.1) is 118 Å². The number of imidazole rings is 3. The molecule has 9 aromatic rings. The summed E-state index contributed by atoms with van der Waals surface area (Å²) in [6, 6.07) is 27.6. The maximum absolute atomic E-state index is 17.3. The van der Waals surface area contributed by atoms with Gasteiger partial charge in [-0.3, -0.25) is 33.8 Å². The molecule has 6 amide bonds. The topological polar surface area (TPSA) is 340 Å². The summed E-state index contributed by atoms with van der Waals surface area (Å²) in [5.41, 5.74) is 6.57. The Morgan fingerprint density at radius 1 is 0.472 bits per heavy atom. The van der Waals surface area contributed by atoms with E-state index in [2.05, 4.69) is 15.6 Å². The number of rotatable bonds is 22. The SMILES string of the molecule is COC(=O)CC(C(=O)N1C(C2=Nc3ccc(-c4ccc5c(c4)C(F)(F)c4cc(-c6cnc(C7CC8(CC8)CN7C(=O)[C@@H](NC(=O)OC)C(C)C)[nH]6)ccc4-5)cc3C2)[C@H]2CC[C@@H]1C2)C(C)C.COC(=O)CC(C(=O)N1C(c2nc3ccc(-c4ccc5c(c4)C(F)(F)c4cc(-c6cnc(C7CC8(CC8)CN7C(=O)[C@@H](NC(=O)OC)C(C)C)n6C(=O)OC(C)(C)C)ccc4-5)cc3n2C(=O)OC(C)(C)C)[C@H]2CC[C@@H]1C2)C(C)C. The largest absolute Gasteiger partial charge is 0.469 e. The van der Waals surface area contributed by atoms with Crippen LogP contribution >= 0.6 is 0 Å². The lowest BCUT2D eigenvalue weighted by Crippen LogP contribution is -2.52. The van der Waals surface area contributed by atoms with Crippen LogP contribution < -0.4 is 10.6 Å². The molecule has 0 radical (unpaired) electrons. The van der Waals surface area contributed by atoms with Gasteiger partial charge in [-0.1, -0.05) is 116 Å². The van der Waals surface area contributed by atoms with Crippen molar-refractivity contribution in [2.75, 3.05) is 41.5 Å². The molecular formula is C111H127F4N13O16. The smallest absolute Gasteiger partial charge is 0.420 e. The van der Waals surface area contributed by atoms with Crippen molar-refractivity contribution in [3.05, 3.63) is 167 Å². The van der Waals surface area contributed by atoms with Gasteiger partial charge in [0, 0.05) is 70.7 Å². The predicted octanol–water partition coefficient (Wildman–Crippen LogP) is 20.7. The van der Waals surface area contributed by atoms with Crippen molar-refractivity contribution in [1.29, 1.82) is 0 Å². The molecule has 6 aromatic carbocycles. The fourth-order valence-corrected chi connectivity index (χ4v) is 24.0. The first-order valence-corrected chi connectivity index (χ1v) is 50.5. The summed E-state index contributed by atoms with van der Waals surface area (Å²) in [5, 5.41) is 5.39. The van der Waals surface area contributed by atoms with Crippen LogP contribution in [0.25, 0.3) is 78.1 Å². The number of esters is 2. The Bertz CT molecular complexity index is 6750. The van der Waals surface area contributed by atoms with Gasteiger partial charge in [0.25, 0.3) is 11.8 Å². The average molecular weight is 1980 g/mol. The molecule has 20 rings (SSSR count). The summed E-state index contributed by atoms with van der Waals surface area (Å²) in [6.45, 7) is 26.5. The number of nitrogens with one attached hydrogen (secondary N) is 3. The first kappa shape index (κ1) is 99.6. The van der Waals surface area contributed by atoms with Crippen molar-refractivity contribution >= 4 is 82.4 Å². The summed E-state index contributed by atoms with van der Waals surface area (Å²) in [5.74, 6) is -8.81. The zero-order chi connectivity index (χ0) is 103. The minimum Gasteiger partial charge on any atom is -0.469 e. The number of aromatic amines is 1. The second-order valence-electron chi connectivity index (χ2n) is 45.0. The van der Waals surface area contributed by atoms with Gasteiger partial charge in [-0.25, -0.2) is 43.3 Å². The summed E-state index contributed by atoms with van der Waals surface area (Å²) in [4.78, 5) is 166. The predicted molar refractivity (Wildman–Crippen MR) is 529 cm³/mol. The van der Waals surface area contributed by atoms with Gasteiger partial charge in [-0.15, -0.1) is 0 Å². The zero-order valence-corrected chi connectivity index (χ0v) is 84.8. The van der Waals surface area contributed by atoms with Crippen LogP contribution in [0.3, 0.4) is 0 Å². The standard InChI is InChI=1S/C60H71F2N7O10.C51H56F2N6O6/c1-31(2)40(27-47(70)76-11)52(71)67-37-17-13-36(23-37)49(67)51-64-43-20-16-34(26-44(43)68(51)55(74)78-57(5,6)7)33-14-18-38-39-19-15-35(25-42(39)60(61,62)41(38)24-33)46-29-63-50(69(46)56(75)79-58(8,9)10)45-28-59(21-22-59)30-66(45)53(72)48(32(3)4)65-54(73)77-12;1-26(2)36(22-43(60)64-5)47(61)59-33-11-7-31(18-33)45(59)40-21-32-17-28(10-14-39(32)55-40)29-8-12-34-35-13-9-30(20-38(35)51(52,53)37(34)19-29)41-24-54-46(56-41)42-23-50(15-16-50)25-58(42)48(62)44(27(3)4)57-49(63)65-6/h14-16,18-20,24-26,29,31-32,36-37,40,45,48-49H,13,17,21-23,27-28,30H2,1-12H3,(H,65,73);8-10,12-14,17,19-20,24,26-27,31,33,36,42,44-45H,7,11,15-16,18,21-23,25H2,1-6H3,(H,54,56)(H,57,63)/t36-,37+,40?,45?,48-,49?;31-,33+,36?,42?,44-,45?/m00/s1. The highest BCUT2D eigenvalue weighted by atomic mass is 19.3. The third-order valence-electron chi connectivity index (χ3n) is 31.9. The molecule has 5 aliphatic heterocycles. The normalized spacial score (nSPS) is 22.4. The number of benzene rings is 6. The quantitative estimate of drug-likeness (QED) is 0.0322. The second kappa shape index (κ2) is 37.2. The van der Waals surface area contributed by atoms with Gasteiger partial charge < -0.3 is 63.6 Å². The van der Waals surface area contributed by atoms with Gasteiger partial charge in [0.15, 0.2) is 0 Å². The summed E-state index contributed by atoms with van der Waals surface area (Å²) in [7, 11) is 5.14. The molecule has 4 bridgehead atoms. The number of fused-ring (bicyclic) bond motifs is 12. The molecule has 8 fully saturated rings. The molecule has 29 nitrogen and oxygen atoms in total. The number of methoxy groups -OCH3 is 4. The Labute approximate surface area is 834 Å². The number of hydrogen-bond donors (Lipinski definition) is 3. The monoisotopic (exact) mass is 1970 g/mol. The van der Waals surface area contributed by atoms with E-state index in [4.69, 9.17) is 48.4 Å². The Kier molecular flexibility index (Phi) is 25.7. The number of alkyl carbamates (subject to hydrolysis) is 2. The summed E-state index contributed by atoms with van der Waals surface area (Å²) in [6.07, 6.45) is 10.9. The van der Waals surface area contributed by atoms with Crippen LogP contribution in [0.1, 0.15) is 250 Å². The van der Waals surface area contributed by atoms with E-state index in [0.717, 1.165) is 86.7 Å². The molecule has 2 spiro atoms. The minimum absolute atomic E-state index is 0.00817. The lowest BCUT2D eigenvalue weighted by molar-refractivity contribution is -0.150. The molecule has 12 atom stereocenters. The number of carbonyl (C=O) groups excluding carboxylic acids is 10. The van der Waals surface area contributed by atoms with Gasteiger partial charge >= 0.3 is 36.3 Å². The molecule has 8 heterocycles. The van der Waals surface area contributed by atoms with Crippen molar-refractivity contribution in [1.82, 2.24) is 59.3 Å². The van der Waals surface area contributed by atoms with Crippen LogP contribution in [-0.4, -0.2) is 197 Å². The maximum atomic E-state index is 17.3. The number of nitrogens with zero attached hydrogens (tertiary/aromatic N) is 10. The number of halogens is 4. The fourth-order valence-electron chi connectivity index (χ4n) is 24.0. The van der Waals surface area contributed by atoms with Crippen molar-refractivity contribution in [3.8, 4) is 67.0 Å². The number of carbonyl (C=O) groups is 10. The van der Waals surface area contributed by atoms with Gasteiger partial charge in [0.2, 0.25) is 23.6 Å². The lowest BCUT2D eigenvalue weighted by Gasteiger charge is -2.38. The average Bonchev–Trinajstić information content (AvgIpc) is 1.57. The van der Waals surface area contributed by atoms with Gasteiger partial charge in [0.1, 0.15) is 40.8 Å². The summed E-state index contributed by atoms with van der Waals surface area (Å²) >= 11 is 0. The molecule has 4 saturated carbocycles. The number of aromatic nitrogens is 6. The van der Waals surface area contributed by atoms with Crippen LogP contribution in [0.4, 0.5) is 42.4 Å². The van der Waals surface area contributed by atoms with Crippen molar-refractivity contribution in [3.63, 3.8) is 0 Å². The van der Waals surface area contributed by atoms with Crippen LogP contribution in [0.5, 0.6) is 0 Å². The van der Waals surface area contributed by atoms with E-state index in [9.17, 15) is 47.9 Å². The number of H-pyrrole nitrogens is 1. The molecule has 3 aromatic heterocycles. The molecular weight excluding hydrogens is 1850 g/mol. The summed E-state index contributed by atoms with van der Waals surface area (Å²) < 4.78 is 102. The Balaban J connectivity index is 0.000000186. The van der Waals surface area contributed by atoms with Gasteiger partial charge in [-0.05, 0) is 264 Å². The van der Waals surface area contributed by atoms with E-state index in [0.29, 0.717) is 111 Å². The maximum Gasteiger partial charge on any atom is 0.420 e. The number of hydrogen-bond acceptors (Lipinski definition) is 20. The third-order valence-corrected chi connectivity index (χ3v) is 31.9. The van der Waals surface area contributed by atoms with E-state index >= 15 is 17.6 Å². The number of ether oxygens (including phenoxy) is 6. The number of piperidine rings is 2. The van der Waals surface area contributed by atoms with E-state index in [-0.39, 0.29) is 146 Å². The zero-order valence-electron chi connectivity index (χ0n) is 84.8. The molecule has 144 heavy (non-hydrogen) atoms. The molecule has 6 unspecified atom stereocenters. The van der Waals surface area contributed by atoms with Crippen LogP contribution in [0, 0.1) is 58.2 Å². The van der Waals surface area contributed by atoms with Crippen molar-refractivity contribution in [2.45, 2.75) is 265 Å². The lowest BCUT2D eigenvalue weighted by atomic mass is 9.87. The number of alkyl halides is 4. The van der Waals surface area contributed by atoms with Crippen molar-refractivity contribution in [2.24, 2.45) is 63.2 Å². The molecule has 760 valence electrons. The van der Waals surface area contributed by atoms with Crippen LogP contribution in [0.2, 0.25) is 0 Å². The van der Waals surface area contributed by atoms with Crippen LogP contribution in [-0.2, 0) is 75.5 Å². The highest BCUT2D eigenvalue weighted by Crippen LogP contribution is 2.62. The first-order valence-electron chi connectivity index (χ1n) is 50.5. The molecule has 33 heteroatoms. The number of likely N-dealkylation sites (tertiary alicyclic amines) is 4. The van der Waals surface area contributed by atoms with Gasteiger partial charge in [-0.2, -0.15) is 17.6 Å². The van der Waals surface area contributed by atoms with E-state index in [1.807, 2.05) is 100 Å². The fraction of sp³-hybridized carbons (Fsp3) is 0.514. The Hall–Kier alpha value is -13.1. The molecule has 11 aliphatic rings. The second-order valence-corrected chi connectivity index (χ2v) is 45.0. The minimum atomic E-state index is -3.52. The van der Waals surface area contributed by atoms with E-state index in [1.165, 1.54) is 62.0 Å². The molecule has 3 N–H and O–H groups in total. The van der Waals surface area contributed by atoms with E-state index < -0.39 is 89.4 Å². The third kappa shape index (κ3) is 18.1. The van der Waals surface area contributed by atoms with Crippen LogP contribution in [0.15, 0.2) is 127 Å². The van der Waals surface area contributed by atoms with Crippen molar-refractivity contribution < 1.29 is 93.9 Å².